The van der Waals surface area contributed by atoms with Gasteiger partial charge in [0.25, 0.3) is 0 Å². The molecular weight excluding hydrogens is 372 g/mol. The summed E-state index contributed by atoms with van der Waals surface area (Å²) < 4.78 is 27.5. The van der Waals surface area contributed by atoms with Crippen molar-refractivity contribution in [2.75, 3.05) is 11.1 Å². The number of pyridine rings is 1. The van der Waals surface area contributed by atoms with E-state index in [1.54, 1.807) is 6.07 Å². The van der Waals surface area contributed by atoms with Crippen LogP contribution >= 0.6 is 31.9 Å². The van der Waals surface area contributed by atoms with Crippen LogP contribution in [-0.4, -0.2) is 4.98 Å². The standard InChI is InChI=1S/C11H7Br2F2N3/c12-5-1-9(16)11(17-4-5)18-10-7(13)2-6(14)3-8(10)15/h1-4H,16H2,(H,17,18). The predicted octanol–water partition coefficient (Wildman–Crippen LogP) is 4.21. The molecule has 0 amide bonds. The molecule has 0 radical (unpaired) electrons. The maximum Gasteiger partial charge on any atom is 0.153 e. The molecule has 0 saturated heterocycles. The molecule has 0 bridgehead atoms. The molecular formula is C11H7Br2F2N3. The van der Waals surface area contributed by atoms with Crippen molar-refractivity contribution < 1.29 is 8.78 Å². The molecule has 1 aromatic heterocycles. The first kappa shape index (κ1) is 13.2. The van der Waals surface area contributed by atoms with Crippen LogP contribution in [0.25, 0.3) is 0 Å². The van der Waals surface area contributed by atoms with E-state index in [0.29, 0.717) is 16.0 Å². The van der Waals surface area contributed by atoms with Gasteiger partial charge in [-0.25, -0.2) is 13.8 Å². The number of aromatic nitrogens is 1. The van der Waals surface area contributed by atoms with Crippen molar-refractivity contribution in [2.24, 2.45) is 0 Å². The van der Waals surface area contributed by atoms with Gasteiger partial charge in [0.1, 0.15) is 5.82 Å². The highest BCUT2D eigenvalue weighted by molar-refractivity contribution is 9.10. The number of rotatable bonds is 2. The van der Waals surface area contributed by atoms with Crippen molar-refractivity contribution in [1.29, 1.82) is 0 Å². The van der Waals surface area contributed by atoms with E-state index >= 15 is 0 Å². The Balaban J connectivity index is 2.40. The average molecular weight is 379 g/mol. The molecule has 0 aliphatic heterocycles. The van der Waals surface area contributed by atoms with Gasteiger partial charge in [-0.2, -0.15) is 0 Å². The number of benzene rings is 1. The molecule has 0 unspecified atom stereocenters. The van der Waals surface area contributed by atoms with Crippen molar-refractivity contribution in [2.45, 2.75) is 0 Å². The van der Waals surface area contributed by atoms with Gasteiger partial charge in [0, 0.05) is 21.2 Å². The number of hydrogen-bond acceptors (Lipinski definition) is 3. The van der Waals surface area contributed by atoms with Crippen LogP contribution in [0.3, 0.4) is 0 Å². The molecule has 0 saturated carbocycles. The Hall–Kier alpha value is -1.21. The van der Waals surface area contributed by atoms with Crippen LogP contribution in [0.1, 0.15) is 0 Å². The van der Waals surface area contributed by atoms with Crippen LogP contribution in [0.2, 0.25) is 0 Å². The number of hydrogen-bond donors (Lipinski definition) is 2. The zero-order valence-corrected chi connectivity index (χ0v) is 12.0. The van der Waals surface area contributed by atoms with Crippen molar-refractivity contribution >= 4 is 49.1 Å². The maximum atomic E-state index is 13.6. The Morgan fingerprint density at radius 2 is 1.89 bits per heavy atom. The van der Waals surface area contributed by atoms with Crippen LogP contribution in [0, 0.1) is 11.6 Å². The summed E-state index contributed by atoms with van der Waals surface area (Å²) in [5.74, 6) is -1.10. The zero-order chi connectivity index (χ0) is 13.3. The van der Waals surface area contributed by atoms with Gasteiger partial charge in [-0.3, -0.25) is 0 Å². The van der Waals surface area contributed by atoms with Crippen LogP contribution in [0.5, 0.6) is 0 Å². The number of halogens is 4. The third kappa shape index (κ3) is 2.78. The number of nitrogens with two attached hydrogens (primary N) is 1. The third-order valence-corrected chi connectivity index (χ3v) is 3.19. The summed E-state index contributed by atoms with van der Waals surface area (Å²) >= 11 is 6.29. The molecule has 0 aliphatic carbocycles. The summed E-state index contributed by atoms with van der Waals surface area (Å²) in [7, 11) is 0. The molecule has 7 heteroatoms. The van der Waals surface area contributed by atoms with E-state index < -0.39 is 11.6 Å². The Bertz CT molecular complexity index is 582. The van der Waals surface area contributed by atoms with Crippen molar-refractivity contribution in [3.8, 4) is 0 Å². The lowest BCUT2D eigenvalue weighted by Crippen LogP contribution is -2.02. The highest BCUT2D eigenvalue weighted by Gasteiger charge is 2.11. The van der Waals surface area contributed by atoms with E-state index in [4.69, 9.17) is 5.73 Å². The minimum atomic E-state index is -0.731. The van der Waals surface area contributed by atoms with E-state index in [-0.39, 0.29) is 10.2 Å². The minimum Gasteiger partial charge on any atom is -0.396 e. The molecule has 0 aliphatic rings. The van der Waals surface area contributed by atoms with Crippen LogP contribution in [-0.2, 0) is 0 Å². The second-order valence-electron chi connectivity index (χ2n) is 3.46. The van der Waals surface area contributed by atoms with E-state index in [1.165, 1.54) is 6.20 Å². The van der Waals surface area contributed by atoms with Crippen LogP contribution < -0.4 is 11.1 Å². The molecule has 1 aromatic carbocycles. The topological polar surface area (TPSA) is 50.9 Å². The fourth-order valence-corrected chi connectivity index (χ4v) is 2.20. The van der Waals surface area contributed by atoms with Gasteiger partial charge in [-0.1, -0.05) is 0 Å². The first-order valence-corrected chi connectivity index (χ1v) is 6.38. The van der Waals surface area contributed by atoms with E-state index in [1.807, 2.05) is 0 Å². The summed E-state index contributed by atoms with van der Waals surface area (Å²) in [5.41, 5.74) is 6.16. The summed E-state index contributed by atoms with van der Waals surface area (Å²) in [6, 6.07) is 3.56. The summed E-state index contributed by atoms with van der Waals surface area (Å²) in [6.07, 6.45) is 1.52. The van der Waals surface area contributed by atoms with E-state index in [0.717, 1.165) is 12.1 Å². The highest BCUT2D eigenvalue weighted by atomic mass is 79.9. The van der Waals surface area contributed by atoms with Crippen molar-refractivity contribution in [3.63, 3.8) is 0 Å². The lowest BCUT2D eigenvalue weighted by Gasteiger charge is -2.11. The minimum absolute atomic E-state index is 0.0814. The molecule has 3 N–H and O–H groups in total. The number of anilines is 3. The Labute approximate surface area is 119 Å². The molecule has 1 heterocycles. The van der Waals surface area contributed by atoms with Crippen LogP contribution in [0.4, 0.5) is 26.0 Å². The third-order valence-electron chi connectivity index (χ3n) is 2.13. The fourth-order valence-electron chi connectivity index (χ4n) is 1.34. The Kier molecular flexibility index (Phi) is 3.82. The summed E-state index contributed by atoms with van der Waals surface area (Å²) in [4.78, 5) is 4.01. The summed E-state index contributed by atoms with van der Waals surface area (Å²) in [5, 5.41) is 2.72. The van der Waals surface area contributed by atoms with E-state index in [2.05, 4.69) is 42.2 Å². The molecule has 0 spiro atoms. The average Bonchev–Trinajstić information content (AvgIpc) is 2.25. The zero-order valence-electron chi connectivity index (χ0n) is 8.85. The van der Waals surface area contributed by atoms with Crippen LogP contribution in [0.15, 0.2) is 33.3 Å². The monoisotopic (exact) mass is 377 g/mol. The predicted molar refractivity (Wildman–Crippen MR) is 73.7 cm³/mol. The molecule has 2 aromatic rings. The van der Waals surface area contributed by atoms with Gasteiger partial charge in [-0.15, -0.1) is 0 Å². The molecule has 2 rings (SSSR count). The number of nitrogens with one attached hydrogen (secondary N) is 1. The molecule has 94 valence electrons. The van der Waals surface area contributed by atoms with Gasteiger partial charge < -0.3 is 11.1 Å². The lowest BCUT2D eigenvalue weighted by molar-refractivity contribution is 0.584. The highest BCUT2D eigenvalue weighted by Crippen LogP contribution is 2.31. The quantitative estimate of drug-likeness (QED) is 0.822. The molecule has 0 atom stereocenters. The van der Waals surface area contributed by atoms with Crippen molar-refractivity contribution in [3.05, 3.63) is 45.0 Å². The van der Waals surface area contributed by atoms with Gasteiger partial charge in [0.15, 0.2) is 11.6 Å². The Morgan fingerprint density at radius 1 is 1.17 bits per heavy atom. The SMILES string of the molecule is Nc1cc(Br)cnc1Nc1c(F)cc(F)cc1Br. The first-order chi connectivity index (χ1) is 8.47. The smallest absolute Gasteiger partial charge is 0.153 e. The van der Waals surface area contributed by atoms with Gasteiger partial charge in [0.2, 0.25) is 0 Å². The number of nitrogens with zero attached hydrogens (tertiary/aromatic N) is 1. The van der Waals surface area contributed by atoms with Crippen molar-refractivity contribution in [1.82, 2.24) is 4.98 Å². The molecule has 0 fully saturated rings. The second kappa shape index (κ2) is 5.19. The lowest BCUT2D eigenvalue weighted by atomic mass is 10.3. The summed E-state index contributed by atoms with van der Waals surface area (Å²) in [6.45, 7) is 0. The van der Waals surface area contributed by atoms with Gasteiger partial charge >= 0.3 is 0 Å². The number of nitrogen functional groups attached to an aromatic ring is 1. The Morgan fingerprint density at radius 3 is 2.50 bits per heavy atom. The molecule has 18 heavy (non-hydrogen) atoms. The normalized spacial score (nSPS) is 10.4. The van der Waals surface area contributed by atoms with E-state index in [9.17, 15) is 8.78 Å². The fraction of sp³-hybridized carbons (Fsp3) is 0. The largest absolute Gasteiger partial charge is 0.396 e. The second-order valence-corrected chi connectivity index (χ2v) is 5.23. The van der Waals surface area contributed by atoms with Gasteiger partial charge in [0.05, 0.1) is 11.4 Å². The first-order valence-electron chi connectivity index (χ1n) is 4.80. The molecule has 3 nitrogen and oxygen atoms in total. The van der Waals surface area contributed by atoms with Gasteiger partial charge in [-0.05, 0) is 44.0 Å². The maximum absolute atomic E-state index is 13.6.